The van der Waals surface area contributed by atoms with Gasteiger partial charge in [-0.2, -0.15) is 0 Å². The molecule has 0 aliphatic heterocycles. The minimum absolute atomic E-state index is 0.278. The van der Waals surface area contributed by atoms with Gasteiger partial charge in [-0.25, -0.2) is 0 Å². The Labute approximate surface area is 111 Å². The smallest absolute Gasteiger partial charge is 0.324 e. The molecule has 6 heteroatoms. The largest absolute Gasteiger partial charge is 0.493 e. The molecule has 0 spiro atoms. The topological polar surface area (TPSA) is 91.0 Å². The van der Waals surface area contributed by atoms with E-state index >= 15 is 0 Å². The first-order valence-corrected chi connectivity index (χ1v) is 5.80. The van der Waals surface area contributed by atoms with Gasteiger partial charge in [-0.3, -0.25) is 4.79 Å². The molecule has 2 unspecified atom stereocenters. The van der Waals surface area contributed by atoms with E-state index in [4.69, 9.17) is 25.1 Å². The van der Waals surface area contributed by atoms with Crippen LogP contribution in [0.1, 0.15) is 17.9 Å². The third kappa shape index (κ3) is 1.98. The molecule has 0 aromatic heterocycles. The monoisotopic (exact) mass is 267 g/mol. The summed E-state index contributed by atoms with van der Waals surface area (Å²) in [5, 5.41) is 9.11. The highest BCUT2D eigenvalue weighted by Gasteiger charge is 2.59. The molecule has 2 atom stereocenters. The normalized spacial score (nSPS) is 24.7. The molecule has 19 heavy (non-hydrogen) atoms. The molecular formula is C13H17NO5. The van der Waals surface area contributed by atoms with E-state index in [-0.39, 0.29) is 5.92 Å². The number of hydrogen-bond acceptors (Lipinski definition) is 5. The van der Waals surface area contributed by atoms with Crippen molar-refractivity contribution in [2.75, 3.05) is 21.3 Å². The van der Waals surface area contributed by atoms with Crippen molar-refractivity contribution < 1.29 is 24.1 Å². The van der Waals surface area contributed by atoms with E-state index < -0.39 is 11.5 Å². The van der Waals surface area contributed by atoms with E-state index in [0.29, 0.717) is 23.7 Å². The number of carboxylic acid groups (broad SMARTS) is 1. The summed E-state index contributed by atoms with van der Waals surface area (Å²) in [4.78, 5) is 11.1. The highest BCUT2D eigenvalue weighted by molar-refractivity contribution is 5.85. The fourth-order valence-electron chi connectivity index (χ4n) is 2.30. The minimum Gasteiger partial charge on any atom is -0.493 e. The number of carbonyl (C=O) groups is 1. The molecule has 1 fully saturated rings. The summed E-state index contributed by atoms with van der Waals surface area (Å²) in [6.07, 6.45) is 0.383. The molecule has 1 aromatic carbocycles. The maximum absolute atomic E-state index is 11.1. The lowest BCUT2D eigenvalue weighted by atomic mass is 10.0. The van der Waals surface area contributed by atoms with Crippen molar-refractivity contribution in [1.82, 2.24) is 0 Å². The van der Waals surface area contributed by atoms with Gasteiger partial charge in [0.1, 0.15) is 5.54 Å². The Morgan fingerprint density at radius 3 is 2.32 bits per heavy atom. The molecule has 0 amide bonds. The maximum atomic E-state index is 11.1. The van der Waals surface area contributed by atoms with Crippen LogP contribution in [-0.4, -0.2) is 37.9 Å². The van der Waals surface area contributed by atoms with Crippen LogP contribution in [0.25, 0.3) is 0 Å². The first-order chi connectivity index (χ1) is 8.99. The van der Waals surface area contributed by atoms with E-state index in [1.807, 2.05) is 0 Å². The maximum Gasteiger partial charge on any atom is 0.324 e. The Morgan fingerprint density at radius 2 is 1.89 bits per heavy atom. The molecule has 0 bridgehead atoms. The zero-order valence-electron chi connectivity index (χ0n) is 11.1. The summed E-state index contributed by atoms with van der Waals surface area (Å²) < 4.78 is 15.8. The van der Waals surface area contributed by atoms with Crippen molar-refractivity contribution in [2.45, 2.75) is 17.9 Å². The van der Waals surface area contributed by atoms with Crippen molar-refractivity contribution in [2.24, 2.45) is 5.73 Å². The number of aliphatic carboxylic acids is 1. The first-order valence-electron chi connectivity index (χ1n) is 5.80. The van der Waals surface area contributed by atoms with Gasteiger partial charge in [0.05, 0.1) is 21.3 Å². The Kier molecular flexibility index (Phi) is 3.28. The van der Waals surface area contributed by atoms with Gasteiger partial charge >= 0.3 is 5.97 Å². The summed E-state index contributed by atoms with van der Waals surface area (Å²) in [6.45, 7) is 0. The van der Waals surface area contributed by atoms with Crippen molar-refractivity contribution >= 4 is 5.97 Å². The first kappa shape index (κ1) is 13.5. The molecule has 3 N–H and O–H groups in total. The van der Waals surface area contributed by atoms with Gasteiger partial charge in [-0.15, -0.1) is 0 Å². The minimum atomic E-state index is -1.22. The number of carboxylic acids is 1. The van der Waals surface area contributed by atoms with Crippen LogP contribution in [0.15, 0.2) is 12.1 Å². The van der Waals surface area contributed by atoms with Crippen LogP contribution in [0.4, 0.5) is 0 Å². The number of benzene rings is 1. The van der Waals surface area contributed by atoms with Crippen LogP contribution >= 0.6 is 0 Å². The highest BCUT2D eigenvalue weighted by atomic mass is 16.5. The SMILES string of the molecule is COc1ccc(C2CC2(N)C(=O)O)c(OC)c1OC. The van der Waals surface area contributed by atoms with Crippen LogP contribution < -0.4 is 19.9 Å². The fourth-order valence-corrected chi connectivity index (χ4v) is 2.30. The van der Waals surface area contributed by atoms with Gasteiger partial charge in [-0.1, -0.05) is 6.07 Å². The Hall–Kier alpha value is -1.95. The Bertz CT molecular complexity index is 516. The third-order valence-corrected chi connectivity index (χ3v) is 3.51. The number of hydrogen-bond donors (Lipinski definition) is 2. The van der Waals surface area contributed by atoms with E-state index in [1.54, 1.807) is 12.1 Å². The lowest BCUT2D eigenvalue weighted by Crippen LogP contribution is -2.34. The second kappa shape index (κ2) is 4.62. The van der Waals surface area contributed by atoms with E-state index in [9.17, 15) is 4.79 Å². The molecule has 0 heterocycles. The lowest BCUT2D eigenvalue weighted by molar-refractivity contribution is -0.139. The summed E-state index contributed by atoms with van der Waals surface area (Å²) >= 11 is 0. The van der Waals surface area contributed by atoms with Crippen LogP contribution in [0, 0.1) is 0 Å². The van der Waals surface area contributed by atoms with Crippen molar-refractivity contribution in [3.63, 3.8) is 0 Å². The van der Waals surface area contributed by atoms with E-state index in [2.05, 4.69) is 0 Å². The molecule has 0 saturated heterocycles. The zero-order valence-corrected chi connectivity index (χ0v) is 11.1. The van der Waals surface area contributed by atoms with Crippen molar-refractivity contribution in [3.05, 3.63) is 17.7 Å². The molecule has 1 aromatic rings. The standard InChI is InChI=1S/C13H17NO5/c1-17-9-5-4-7(10(18-2)11(9)19-3)8-6-13(8,14)12(15)16/h4-5,8H,6,14H2,1-3H3,(H,15,16). The quantitative estimate of drug-likeness (QED) is 0.826. The van der Waals surface area contributed by atoms with Crippen molar-refractivity contribution in [1.29, 1.82) is 0 Å². The van der Waals surface area contributed by atoms with Gasteiger partial charge < -0.3 is 25.1 Å². The predicted molar refractivity (Wildman–Crippen MR) is 68.0 cm³/mol. The molecule has 6 nitrogen and oxygen atoms in total. The molecule has 1 aliphatic rings. The molecule has 0 radical (unpaired) electrons. The van der Waals surface area contributed by atoms with Crippen LogP contribution in [0.3, 0.4) is 0 Å². The Balaban J connectivity index is 2.46. The zero-order chi connectivity index (χ0) is 14.2. The summed E-state index contributed by atoms with van der Waals surface area (Å²) in [7, 11) is 4.53. The summed E-state index contributed by atoms with van der Waals surface area (Å²) in [5.74, 6) is 0.165. The highest BCUT2D eigenvalue weighted by Crippen LogP contribution is 2.55. The second-order valence-corrected chi connectivity index (χ2v) is 4.53. The van der Waals surface area contributed by atoms with Gasteiger partial charge in [0, 0.05) is 11.5 Å². The fraction of sp³-hybridized carbons (Fsp3) is 0.462. The molecule has 104 valence electrons. The molecule has 2 rings (SSSR count). The Morgan fingerprint density at radius 1 is 1.26 bits per heavy atom. The average molecular weight is 267 g/mol. The number of methoxy groups -OCH3 is 3. The number of rotatable bonds is 5. The van der Waals surface area contributed by atoms with E-state index in [1.165, 1.54) is 21.3 Å². The third-order valence-electron chi connectivity index (χ3n) is 3.51. The van der Waals surface area contributed by atoms with E-state index in [0.717, 1.165) is 5.56 Å². The van der Waals surface area contributed by atoms with Crippen LogP contribution in [-0.2, 0) is 4.79 Å². The molecule has 1 aliphatic carbocycles. The van der Waals surface area contributed by atoms with Gasteiger partial charge in [0.2, 0.25) is 5.75 Å². The predicted octanol–water partition coefficient (Wildman–Crippen LogP) is 0.982. The second-order valence-electron chi connectivity index (χ2n) is 4.53. The van der Waals surface area contributed by atoms with Gasteiger partial charge in [0.15, 0.2) is 11.5 Å². The molecular weight excluding hydrogens is 250 g/mol. The number of ether oxygens (including phenoxy) is 3. The van der Waals surface area contributed by atoms with Crippen LogP contribution in [0.5, 0.6) is 17.2 Å². The number of nitrogens with two attached hydrogens (primary N) is 1. The lowest BCUT2D eigenvalue weighted by Gasteiger charge is -2.16. The van der Waals surface area contributed by atoms with Crippen LogP contribution in [0.2, 0.25) is 0 Å². The average Bonchev–Trinajstić information content (AvgIpc) is 3.10. The molecule has 1 saturated carbocycles. The summed E-state index contributed by atoms with van der Waals surface area (Å²) in [6, 6.07) is 3.49. The van der Waals surface area contributed by atoms with Gasteiger partial charge in [-0.05, 0) is 12.5 Å². The summed E-state index contributed by atoms with van der Waals surface area (Å²) in [5.41, 5.74) is 5.34. The van der Waals surface area contributed by atoms with Gasteiger partial charge in [0.25, 0.3) is 0 Å². The van der Waals surface area contributed by atoms with Crippen molar-refractivity contribution in [3.8, 4) is 17.2 Å².